The Kier molecular flexibility index (Phi) is 6.24. The summed E-state index contributed by atoms with van der Waals surface area (Å²) in [5, 5.41) is 9.22. The average Bonchev–Trinajstić information content (AvgIpc) is 3.22. The highest BCUT2D eigenvalue weighted by Gasteiger charge is 2.17. The molecule has 1 fully saturated rings. The van der Waals surface area contributed by atoms with E-state index in [0.29, 0.717) is 5.56 Å². The second kappa shape index (κ2) is 9.60. The minimum Gasteiger partial charge on any atom is -0.376 e. The van der Waals surface area contributed by atoms with E-state index < -0.39 is 0 Å². The lowest BCUT2D eigenvalue weighted by Crippen LogP contribution is -2.21. The van der Waals surface area contributed by atoms with Crippen LogP contribution in [-0.4, -0.2) is 22.3 Å². The Bertz CT molecular complexity index is 1270. The van der Waals surface area contributed by atoms with Gasteiger partial charge in [-0.15, -0.1) is 0 Å². The molecule has 1 saturated heterocycles. The summed E-state index contributed by atoms with van der Waals surface area (Å²) in [5.74, 6) is 0. The Morgan fingerprint density at radius 3 is 2.52 bits per heavy atom. The van der Waals surface area contributed by atoms with Crippen molar-refractivity contribution in [1.29, 1.82) is 5.26 Å². The molecule has 0 bridgehead atoms. The van der Waals surface area contributed by atoms with Crippen LogP contribution in [0.2, 0.25) is 0 Å². The lowest BCUT2D eigenvalue weighted by molar-refractivity contribution is 0.0254. The standard InChI is InChI=1S/C29H29N3O/c1-21-7-11-24(12-8-21)29-26(23-13-9-22(19-30)10-14-23)18-28-27(31-29)15-16-32(28)20-25-6-4-2-3-5-17-33-25/h7-16,18,25H,2-6,17,20H2,1H3/t25-/m1/s1. The number of fused-ring (bicyclic) bond motifs is 1. The van der Waals surface area contributed by atoms with Gasteiger partial charge in [-0.2, -0.15) is 5.26 Å². The molecule has 4 aromatic rings. The first-order chi connectivity index (χ1) is 16.2. The molecule has 5 rings (SSSR count). The fraction of sp³-hybridized carbons (Fsp3) is 0.310. The van der Waals surface area contributed by atoms with E-state index in [-0.39, 0.29) is 6.10 Å². The van der Waals surface area contributed by atoms with Crippen molar-refractivity contribution in [2.45, 2.75) is 51.7 Å². The van der Waals surface area contributed by atoms with Crippen LogP contribution in [0.5, 0.6) is 0 Å². The summed E-state index contributed by atoms with van der Waals surface area (Å²) in [6.45, 7) is 3.80. The third kappa shape index (κ3) is 4.69. The van der Waals surface area contributed by atoms with Crippen LogP contribution in [0.15, 0.2) is 66.9 Å². The highest BCUT2D eigenvalue weighted by Crippen LogP contribution is 2.34. The van der Waals surface area contributed by atoms with Gasteiger partial charge in [0.15, 0.2) is 0 Å². The van der Waals surface area contributed by atoms with E-state index in [9.17, 15) is 5.26 Å². The molecule has 2 aromatic heterocycles. The Morgan fingerprint density at radius 2 is 1.73 bits per heavy atom. The van der Waals surface area contributed by atoms with E-state index in [1.54, 1.807) is 0 Å². The van der Waals surface area contributed by atoms with E-state index >= 15 is 0 Å². The van der Waals surface area contributed by atoms with Crippen molar-refractivity contribution in [1.82, 2.24) is 9.55 Å². The van der Waals surface area contributed by atoms with E-state index in [2.05, 4.69) is 60.2 Å². The molecule has 33 heavy (non-hydrogen) atoms. The number of nitrogens with zero attached hydrogens (tertiary/aromatic N) is 3. The molecule has 4 heteroatoms. The molecular formula is C29H29N3O. The summed E-state index contributed by atoms with van der Waals surface area (Å²) >= 11 is 0. The molecule has 1 aliphatic heterocycles. The van der Waals surface area contributed by atoms with Gasteiger partial charge in [0.1, 0.15) is 0 Å². The highest BCUT2D eigenvalue weighted by molar-refractivity contribution is 5.90. The van der Waals surface area contributed by atoms with Gasteiger partial charge in [-0.05, 0) is 49.6 Å². The summed E-state index contributed by atoms with van der Waals surface area (Å²) in [5.41, 5.74) is 8.21. The molecule has 0 N–H and O–H groups in total. The van der Waals surface area contributed by atoms with Crippen LogP contribution in [0, 0.1) is 18.3 Å². The largest absolute Gasteiger partial charge is 0.376 e. The number of ether oxygens (including phenoxy) is 1. The fourth-order valence-corrected chi connectivity index (χ4v) is 4.67. The smallest absolute Gasteiger partial charge is 0.0991 e. The topological polar surface area (TPSA) is 50.8 Å². The van der Waals surface area contributed by atoms with Crippen LogP contribution in [-0.2, 0) is 11.3 Å². The minimum atomic E-state index is 0.246. The predicted molar refractivity (Wildman–Crippen MR) is 133 cm³/mol. The van der Waals surface area contributed by atoms with Crippen LogP contribution < -0.4 is 0 Å². The van der Waals surface area contributed by atoms with Crippen LogP contribution in [0.3, 0.4) is 0 Å². The van der Waals surface area contributed by atoms with Crippen molar-refractivity contribution in [3.05, 3.63) is 78.0 Å². The zero-order valence-electron chi connectivity index (χ0n) is 19.1. The number of hydrogen-bond acceptors (Lipinski definition) is 3. The molecule has 2 aromatic carbocycles. The second-order valence-electron chi connectivity index (χ2n) is 9.01. The molecule has 0 spiro atoms. The molecule has 1 aliphatic rings. The maximum absolute atomic E-state index is 9.22. The lowest BCUT2D eigenvalue weighted by atomic mass is 9.97. The van der Waals surface area contributed by atoms with Crippen LogP contribution in [0.4, 0.5) is 0 Å². The molecule has 0 unspecified atom stereocenters. The van der Waals surface area contributed by atoms with E-state index in [4.69, 9.17) is 9.72 Å². The monoisotopic (exact) mass is 435 g/mol. The van der Waals surface area contributed by atoms with Gasteiger partial charge in [0.05, 0.1) is 34.5 Å². The Hall–Kier alpha value is -3.42. The normalized spacial score (nSPS) is 16.8. The Labute approximate surface area is 195 Å². The van der Waals surface area contributed by atoms with Crippen LogP contribution in [0.25, 0.3) is 33.4 Å². The average molecular weight is 436 g/mol. The fourth-order valence-electron chi connectivity index (χ4n) is 4.67. The summed E-state index contributed by atoms with van der Waals surface area (Å²) in [6, 6.07) is 22.9. The summed E-state index contributed by atoms with van der Waals surface area (Å²) in [7, 11) is 0. The summed E-state index contributed by atoms with van der Waals surface area (Å²) < 4.78 is 8.47. The number of pyridine rings is 1. The molecule has 4 nitrogen and oxygen atoms in total. The maximum Gasteiger partial charge on any atom is 0.0991 e. The number of rotatable bonds is 4. The first-order valence-electron chi connectivity index (χ1n) is 11.9. The third-order valence-electron chi connectivity index (χ3n) is 6.58. The zero-order chi connectivity index (χ0) is 22.6. The minimum absolute atomic E-state index is 0.246. The molecule has 0 saturated carbocycles. The van der Waals surface area contributed by atoms with Crippen molar-refractivity contribution < 1.29 is 4.74 Å². The Morgan fingerprint density at radius 1 is 0.970 bits per heavy atom. The number of aromatic nitrogens is 2. The van der Waals surface area contributed by atoms with Crippen molar-refractivity contribution in [3.8, 4) is 28.5 Å². The van der Waals surface area contributed by atoms with Gasteiger partial charge < -0.3 is 9.30 Å². The molecule has 1 atom stereocenters. The van der Waals surface area contributed by atoms with Gasteiger partial charge in [-0.1, -0.05) is 61.2 Å². The van der Waals surface area contributed by atoms with Crippen molar-refractivity contribution in [2.75, 3.05) is 6.61 Å². The zero-order valence-corrected chi connectivity index (χ0v) is 19.1. The first kappa shape index (κ1) is 21.4. The van der Waals surface area contributed by atoms with Gasteiger partial charge in [-0.25, -0.2) is 4.98 Å². The SMILES string of the molecule is Cc1ccc(-c2nc3ccn(C[C@H]4CCCCCCO4)c3cc2-c2ccc(C#N)cc2)cc1. The molecular weight excluding hydrogens is 406 g/mol. The van der Waals surface area contributed by atoms with Gasteiger partial charge in [0.25, 0.3) is 0 Å². The molecule has 166 valence electrons. The van der Waals surface area contributed by atoms with Crippen molar-refractivity contribution >= 4 is 11.0 Å². The van der Waals surface area contributed by atoms with Gasteiger partial charge in [-0.3, -0.25) is 0 Å². The second-order valence-corrected chi connectivity index (χ2v) is 9.01. The van der Waals surface area contributed by atoms with Crippen LogP contribution in [0.1, 0.15) is 43.2 Å². The quantitative estimate of drug-likeness (QED) is 0.350. The summed E-state index contributed by atoms with van der Waals surface area (Å²) in [6.07, 6.45) is 8.47. The van der Waals surface area contributed by atoms with Gasteiger partial charge in [0, 0.05) is 30.5 Å². The number of nitriles is 1. The highest BCUT2D eigenvalue weighted by atomic mass is 16.5. The number of benzene rings is 2. The molecule has 0 amide bonds. The number of hydrogen-bond donors (Lipinski definition) is 0. The Balaban J connectivity index is 1.58. The number of aryl methyl sites for hydroxylation is 1. The van der Waals surface area contributed by atoms with E-state index in [1.165, 1.54) is 24.8 Å². The third-order valence-corrected chi connectivity index (χ3v) is 6.58. The van der Waals surface area contributed by atoms with Gasteiger partial charge in [0.2, 0.25) is 0 Å². The van der Waals surface area contributed by atoms with Crippen LogP contribution >= 0.6 is 0 Å². The van der Waals surface area contributed by atoms with Gasteiger partial charge >= 0.3 is 0 Å². The predicted octanol–water partition coefficient (Wildman–Crippen LogP) is 6.90. The first-order valence-corrected chi connectivity index (χ1v) is 11.9. The maximum atomic E-state index is 9.22. The molecule has 0 aliphatic carbocycles. The molecule has 0 radical (unpaired) electrons. The molecule has 3 heterocycles. The van der Waals surface area contributed by atoms with E-state index in [1.807, 2.05) is 24.3 Å². The summed E-state index contributed by atoms with van der Waals surface area (Å²) in [4.78, 5) is 5.11. The van der Waals surface area contributed by atoms with Crippen molar-refractivity contribution in [3.63, 3.8) is 0 Å². The van der Waals surface area contributed by atoms with Crippen molar-refractivity contribution in [2.24, 2.45) is 0 Å². The van der Waals surface area contributed by atoms with E-state index in [0.717, 1.165) is 59.4 Å². The lowest BCUT2D eigenvalue weighted by Gasteiger charge is -2.21.